The van der Waals surface area contributed by atoms with E-state index in [0.29, 0.717) is 24.8 Å². The number of hydrogen-bond donors (Lipinski definition) is 0. The molecule has 0 aliphatic carbocycles. The van der Waals surface area contributed by atoms with Crippen LogP contribution in [-0.2, 0) is 11.2 Å². The Morgan fingerprint density at radius 3 is 2.81 bits per heavy atom. The molecule has 1 aromatic heterocycles. The number of benzene rings is 1. The van der Waals surface area contributed by atoms with Crippen LogP contribution < -0.4 is 9.64 Å². The molecule has 3 rings (SSSR count). The molecular formula is C19H23N3O4. The molecular weight excluding hydrogens is 334 g/mol. The predicted molar refractivity (Wildman–Crippen MR) is 96.3 cm³/mol. The van der Waals surface area contributed by atoms with Crippen LogP contribution in [0.25, 0.3) is 0 Å². The van der Waals surface area contributed by atoms with E-state index < -0.39 is 0 Å². The van der Waals surface area contributed by atoms with Gasteiger partial charge in [-0.05, 0) is 24.5 Å². The standard InChI is InChI=1S/C19H23N3O4/c1-13(2)9-14-10-17(26-20-14)19(24)21-7-8-22(18(23)12-21)15-5-4-6-16(11-15)25-3/h4-6,10-11,13H,7-9,12H2,1-3H3. The fraction of sp³-hybridized carbons (Fsp3) is 0.421. The summed E-state index contributed by atoms with van der Waals surface area (Å²) in [7, 11) is 1.59. The summed E-state index contributed by atoms with van der Waals surface area (Å²) in [5, 5.41) is 3.94. The topological polar surface area (TPSA) is 75.9 Å². The molecule has 1 saturated heterocycles. The van der Waals surface area contributed by atoms with E-state index in [4.69, 9.17) is 9.26 Å². The molecule has 7 nitrogen and oxygen atoms in total. The molecule has 0 N–H and O–H groups in total. The van der Waals surface area contributed by atoms with Crippen molar-refractivity contribution in [1.29, 1.82) is 0 Å². The van der Waals surface area contributed by atoms with E-state index in [9.17, 15) is 9.59 Å². The van der Waals surface area contributed by atoms with Gasteiger partial charge >= 0.3 is 0 Å². The largest absolute Gasteiger partial charge is 0.497 e. The zero-order valence-corrected chi connectivity index (χ0v) is 15.3. The lowest BCUT2D eigenvalue weighted by Crippen LogP contribution is -2.52. The number of methoxy groups -OCH3 is 1. The molecule has 1 aromatic carbocycles. The predicted octanol–water partition coefficient (Wildman–Crippen LogP) is 2.37. The van der Waals surface area contributed by atoms with Gasteiger partial charge in [0.25, 0.3) is 5.91 Å². The van der Waals surface area contributed by atoms with Gasteiger partial charge in [0.1, 0.15) is 12.3 Å². The first-order valence-corrected chi connectivity index (χ1v) is 8.67. The summed E-state index contributed by atoms with van der Waals surface area (Å²) < 4.78 is 10.4. The molecule has 1 aliphatic rings. The Hall–Kier alpha value is -2.83. The van der Waals surface area contributed by atoms with Gasteiger partial charge in [0.2, 0.25) is 11.7 Å². The molecule has 0 saturated carbocycles. The smallest absolute Gasteiger partial charge is 0.293 e. The minimum atomic E-state index is -0.300. The first-order valence-electron chi connectivity index (χ1n) is 8.67. The zero-order chi connectivity index (χ0) is 18.7. The Balaban J connectivity index is 1.67. The summed E-state index contributed by atoms with van der Waals surface area (Å²) in [6.45, 7) is 5.02. The fourth-order valence-electron chi connectivity index (χ4n) is 2.98. The second-order valence-corrected chi connectivity index (χ2v) is 6.75. The Labute approximate surface area is 152 Å². The van der Waals surface area contributed by atoms with Crippen LogP contribution in [0, 0.1) is 5.92 Å². The maximum absolute atomic E-state index is 12.6. The molecule has 2 amide bonds. The molecule has 1 aliphatic heterocycles. The Morgan fingerprint density at radius 1 is 1.31 bits per heavy atom. The van der Waals surface area contributed by atoms with Gasteiger partial charge in [-0.2, -0.15) is 0 Å². The first kappa shape index (κ1) is 18.0. The van der Waals surface area contributed by atoms with E-state index >= 15 is 0 Å². The summed E-state index contributed by atoms with van der Waals surface area (Å²) in [6, 6.07) is 8.99. The summed E-state index contributed by atoms with van der Waals surface area (Å²) in [6.07, 6.45) is 0.749. The molecule has 0 spiro atoms. The Bertz CT molecular complexity index is 800. The maximum atomic E-state index is 12.6. The van der Waals surface area contributed by atoms with Crippen LogP contribution in [0.3, 0.4) is 0 Å². The number of piperazine rings is 1. The third-order valence-corrected chi connectivity index (χ3v) is 4.26. The lowest BCUT2D eigenvalue weighted by atomic mass is 10.1. The highest BCUT2D eigenvalue weighted by Crippen LogP contribution is 2.23. The van der Waals surface area contributed by atoms with Crippen LogP contribution in [0.2, 0.25) is 0 Å². The summed E-state index contributed by atoms with van der Waals surface area (Å²) in [4.78, 5) is 28.3. The van der Waals surface area contributed by atoms with Gasteiger partial charge in [-0.1, -0.05) is 25.1 Å². The number of nitrogens with zero attached hydrogens (tertiary/aromatic N) is 3. The van der Waals surface area contributed by atoms with Crippen LogP contribution in [-0.4, -0.2) is 48.6 Å². The molecule has 1 fully saturated rings. The molecule has 0 atom stereocenters. The number of carbonyl (C=O) groups is 2. The number of ether oxygens (including phenoxy) is 1. The van der Waals surface area contributed by atoms with Crippen molar-refractivity contribution in [2.75, 3.05) is 31.6 Å². The third kappa shape index (κ3) is 3.87. The van der Waals surface area contributed by atoms with Crippen molar-refractivity contribution in [2.45, 2.75) is 20.3 Å². The van der Waals surface area contributed by atoms with E-state index in [1.165, 1.54) is 4.90 Å². The minimum absolute atomic E-state index is 0.0102. The lowest BCUT2D eigenvalue weighted by molar-refractivity contribution is -0.120. The zero-order valence-electron chi connectivity index (χ0n) is 15.3. The van der Waals surface area contributed by atoms with Gasteiger partial charge < -0.3 is 19.1 Å². The highest BCUT2D eigenvalue weighted by molar-refractivity contribution is 6.00. The molecule has 2 aromatic rings. The SMILES string of the molecule is COc1cccc(N2CCN(C(=O)c3cc(CC(C)C)no3)CC2=O)c1. The van der Waals surface area contributed by atoms with E-state index in [-0.39, 0.29) is 24.1 Å². The fourth-order valence-corrected chi connectivity index (χ4v) is 2.98. The van der Waals surface area contributed by atoms with Gasteiger partial charge in [0.15, 0.2) is 0 Å². The van der Waals surface area contributed by atoms with E-state index in [0.717, 1.165) is 17.8 Å². The van der Waals surface area contributed by atoms with Crippen LogP contribution in [0.1, 0.15) is 30.1 Å². The minimum Gasteiger partial charge on any atom is -0.497 e. The molecule has 0 radical (unpaired) electrons. The Morgan fingerprint density at radius 2 is 2.12 bits per heavy atom. The highest BCUT2D eigenvalue weighted by atomic mass is 16.5. The van der Waals surface area contributed by atoms with Crippen LogP contribution >= 0.6 is 0 Å². The van der Waals surface area contributed by atoms with Crippen LogP contribution in [0.15, 0.2) is 34.9 Å². The van der Waals surface area contributed by atoms with Gasteiger partial charge in [-0.15, -0.1) is 0 Å². The number of rotatable bonds is 5. The summed E-state index contributed by atoms with van der Waals surface area (Å²) >= 11 is 0. The molecule has 7 heteroatoms. The molecule has 138 valence electrons. The van der Waals surface area contributed by atoms with Gasteiger partial charge in [0.05, 0.1) is 12.8 Å². The monoisotopic (exact) mass is 357 g/mol. The average molecular weight is 357 g/mol. The summed E-state index contributed by atoms with van der Waals surface area (Å²) in [5.74, 6) is 0.860. The van der Waals surface area contributed by atoms with Crippen molar-refractivity contribution < 1.29 is 18.8 Å². The number of carbonyl (C=O) groups excluding carboxylic acids is 2. The number of anilines is 1. The van der Waals surface area contributed by atoms with E-state index in [1.807, 2.05) is 24.3 Å². The normalized spacial score (nSPS) is 14.8. The van der Waals surface area contributed by atoms with E-state index in [1.54, 1.807) is 18.1 Å². The molecule has 0 unspecified atom stereocenters. The number of aromatic nitrogens is 1. The first-order chi connectivity index (χ1) is 12.5. The van der Waals surface area contributed by atoms with Crippen molar-refractivity contribution in [3.63, 3.8) is 0 Å². The van der Waals surface area contributed by atoms with Crippen molar-refractivity contribution >= 4 is 17.5 Å². The molecule has 2 heterocycles. The Kier molecular flexibility index (Phi) is 5.25. The lowest BCUT2D eigenvalue weighted by Gasteiger charge is -2.33. The highest BCUT2D eigenvalue weighted by Gasteiger charge is 2.30. The van der Waals surface area contributed by atoms with Gasteiger partial charge in [-0.3, -0.25) is 9.59 Å². The second kappa shape index (κ2) is 7.59. The molecule has 26 heavy (non-hydrogen) atoms. The van der Waals surface area contributed by atoms with Crippen molar-refractivity contribution in [1.82, 2.24) is 10.1 Å². The van der Waals surface area contributed by atoms with E-state index in [2.05, 4.69) is 19.0 Å². The van der Waals surface area contributed by atoms with Crippen LogP contribution in [0.5, 0.6) is 5.75 Å². The molecule has 0 bridgehead atoms. The second-order valence-electron chi connectivity index (χ2n) is 6.75. The number of amides is 2. The van der Waals surface area contributed by atoms with Gasteiger partial charge in [0, 0.05) is 30.9 Å². The van der Waals surface area contributed by atoms with Crippen LogP contribution in [0.4, 0.5) is 5.69 Å². The number of hydrogen-bond acceptors (Lipinski definition) is 5. The van der Waals surface area contributed by atoms with Crippen molar-refractivity contribution in [3.8, 4) is 5.75 Å². The van der Waals surface area contributed by atoms with Crippen molar-refractivity contribution in [3.05, 3.63) is 41.8 Å². The third-order valence-electron chi connectivity index (χ3n) is 4.26. The van der Waals surface area contributed by atoms with Gasteiger partial charge in [-0.25, -0.2) is 0 Å². The van der Waals surface area contributed by atoms with Crippen molar-refractivity contribution in [2.24, 2.45) is 5.92 Å². The average Bonchev–Trinajstić information content (AvgIpc) is 3.08. The summed E-state index contributed by atoms with van der Waals surface area (Å²) in [5.41, 5.74) is 1.52. The maximum Gasteiger partial charge on any atom is 0.293 e. The quantitative estimate of drug-likeness (QED) is 0.821.